The number of hydrogen-bond donors (Lipinski definition) is 0. The molecule has 0 fully saturated rings. The van der Waals surface area contributed by atoms with Crippen molar-refractivity contribution >= 4 is 5.78 Å². The van der Waals surface area contributed by atoms with E-state index >= 15 is 0 Å². The van der Waals surface area contributed by atoms with E-state index in [0.29, 0.717) is 18.6 Å². The van der Waals surface area contributed by atoms with E-state index in [9.17, 15) is 4.79 Å². The summed E-state index contributed by atoms with van der Waals surface area (Å²) in [5, 5.41) is 4.39. The van der Waals surface area contributed by atoms with Crippen LogP contribution in [0.4, 0.5) is 0 Å². The highest BCUT2D eigenvalue weighted by atomic mass is 16.1. The van der Waals surface area contributed by atoms with Crippen LogP contribution in [0.1, 0.15) is 34.5 Å². The van der Waals surface area contributed by atoms with Crippen LogP contribution in [-0.2, 0) is 24.7 Å². The van der Waals surface area contributed by atoms with Crippen LogP contribution in [0.15, 0.2) is 24.3 Å². The van der Waals surface area contributed by atoms with Gasteiger partial charge in [-0.25, -0.2) is 0 Å². The molecule has 1 heterocycles. The number of ketones is 1. The average Bonchev–Trinajstić information content (AvgIpc) is 2.64. The first-order valence-electron chi connectivity index (χ1n) is 7.04. The summed E-state index contributed by atoms with van der Waals surface area (Å²) in [5.41, 5.74) is 5.73. The Hall–Kier alpha value is -1.90. The summed E-state index contributed by atoms with van der Waals surface area (Å²) in [4.78, 5) is 12.1. The van der Waals surface area contributed by atoms with E-state index in [2.05, 4.69) is 25.0 Å². The van der Waals surface area contributed by atoms with Gasteiger partial charge in [-0.05, 0) is 43.9 Å². The summed E-state index contributed by atoms with van der Waals surface area (Å²) in [6.07, 6.45) is 1.91. The first-order valence-corrected chi connectivity index (χ1v) is 7.04. The highest BCUT2D eigenvalue weighted by molar-refractivity contribution is 5.81. The monoisotopic (exact) mass is 270 g/mol. The van der Waals surface area contributed by atoms with Crippen LogP contribution in [-0.4, -0.2) is 15.6 Å². The van der Waals surface area contributed by atoms with Gasteiger partial charge >= 0.3 is 0 Å². The molecule has 0 aliphatic rings. The van der Waals surface area contributed by atoms with Gasteiger partial charge in [0.2, 0.25) is 0 Å². The van der Waals surface area contributed by atoms with Crippen molar-refractivity contribution in [2.75, 3.05) is 0 Å². The number of carbonyl (C=O) groups excluding carboxylic acids is 1. The van der Waals surface area contributed by atoms with Crippen LogP contribution in [0, 0.1) is 20.8 Å². The number of aromatic nitrogens is 2. The molecule has 3 nitrogen and oxygen atoms in total. The second kappa shape index (κ2) is 6.04. The standard InChI is InChI=1S/C17H22N2O/c1-12-7-5-6-8-15(12)11-16(20)9-10-17-13(2)18-19(4)14(17)3/h5-8H,9-11H2,1-4H3. The predicted molar refractivity (Wildman–Crippen MR) is 80.9 cm³/mol. The zero-order chi connectivity index (χ0) is 14.7. The van der Waals surface area contributed by atoms with Crippen molar-refractivity contribution in [3.05, 3.63) is 52.3 Å². The van der Waals surface area contributed by atoms with Crippen molar-refractivity contribution in [1.82, 2.24) is 9.78 Å². The van der Waals surface area contributed by atoms with Crippen LogP contribution < -0.4 is 0 Å². The van der Waals surface area contributed by atoms with Crippen molar-refractivity contribution in [2.24, 2.45) is 7.05 Å². The largest absolute Gasteiger partial charge is 0.299 e. The summed E-state index contributed by atoms with van der Waals surface area (Å²) < 4.78 is 1.89. The summed E-state index contributed by atoms with van der Waals surface area (Å²) in [6, 6.07) is 8.09. The molecule has 106 valence electrons. The SMILES string of the molecule is Cc1ccccc1CC(=O)CCc1c(C)nn(C)c1C. The Labute approximate surface area is 120 Å². The third-order valence-electron chi connectivity index (χ3n) is 3.96. The minimum absolute atomic E-state index is 0.293. The molecule has 3 heteroatoms. The quantitative estimate of drug-likeness (QED) is 0.837. The number of nitrogens with zero attached hydrogens (tertiary/aromatic N) is 2. The van der Waals surface area contributed by atoms with Gasteiger partial charge in [0.15, 0.2) is 0 Å². The van der Waals surface area contributed by atoms with Gasteiger partial charge in [0.1, 0.15) is 5.78 Å². The van der Waals surface area contributed by atoms with E-state index in [1.165, 1.54) is 11.1 Å². The van der Waals surface area contributed by atoms with E-state index in [1.807, 2.05) is 36.9 Å². The molecule has 0 bridgehead atoms. The predicted octanol–water partition coefficient (Wildman–Crippen LogP) is 3.09. The fourth-order valence-electron chi connectivity index (χ4n) is 2.55. The van der Waals surface area contributed by atoms with Crippen molar-refractivity contribution in [3.63, 3.8) is 0 Å². The van der Waals surface area contributed by atoms with Gasteiger partial charge in [0.05, 0.1) is 5.69 Å². The Morgan fingerprint density at radius 3 is 2.50 bits per heavy atom. The van der Waals surface area contributed by atoms with Crippen LogP contribution in [0.2, 0.25) is 0 Å². The first kappa shape index (κ1) is 14.5. The van der Waals surface area contributed by atoms with Crippen LogP contribution in [0.25, 0.3) is 0 Å². The summed E-state index contributed by atoms with van der Waals surface area (Å²) in [6.45, 7) is 6.12. The smallest absolute Gasteiger partial charge is 0.137 e. The number of benzene rings is 1. The second-order valence-electron chi connectivity index (χ2n) is 5.41. The minimum Gasteiger partial charge on any atom is -0.299 e. The highest BCUT2D eigenvalue weighted by Crippen LogP contribution is 2.15. The fraction of sp³-hybridized carbons (Fsp3) is 0.412. The van der Waals surface area contributed by atoms with Gasteiger partial charge in [-0.3, -0.25) is 9.48 Å². The normalized spacial score (nSPS) is 10.8. The van der Waals surface area contributed by atoms with Crippen LogP contribution >= 0.6 is 0 Å². The third kappa shape index (κ3) is 3.16. The molecular weight excluding hydrogens is 248 g/mol. The summed E-state index contributed by atoms with van der Waals surface area (Å²) in [7, 11) is 1.95. The molecule has 2 rings (SSSR count). The summed E-state index contributed by atoms with van der Waals surface area (Å²) in [5.74, 6) is 0.293. The Morgan fingerprint density at radius 1 is 1.20 bits per heavy atom. The molecule has 0 aliphatic heterocycles. The molecule has 0 radical (unpaired) electrons. The van der Waals surface area contributed by atoms with E-state index < -0.39 is 0 Å². The average molecular weight is 270 g/mol. The maximum Gasteiger partial charge on any atom is 0.137 e. The van der Waals surface area contributed by atoms with Crippen molar-refractivity contribution in [2.45, 2.75) is 40.0 Å². The molecule has 0 atom stereocenters. The number of rotatable bonds is 5. The second-order valence-corrected chi connectivity index (χ2v) is 5.41. The lowest BCUT2D eigenvalue weighted by molar-refractivity contribution is -0.118. The third-order valence-corrected chi connectivity index (χ3v) is 3.96. The Morgan fingerprint density at radius 2 is 1.90 bits per heavy atom. The lowest BCUT2D eigenvalue weighted by Crippen LogP contribution is -2.06. The topological polar surface area (TPSA) is 34.9 Å². The highest BCUT2D eigenvalue weighted by Gasteiger charge is 2.12. The van der Waals surface area contributed by atoms with Crippen molar-refractivity contribution < 1.29 is 4.79 Å². The van der Waals surface area contributed by atoms with Crippen LogP contribution in [0.3, 0.4) is 0 Å². The summed E-state index contributed by atoms with van der Waals surface area (Å²) >= 11 is 0. The Bertz CT molecular complexity index is 626. The minimum atomic E-state index is 0.293. The Balaban J connectivity index is 1.98. The molecule has 0 saturated carbocycles. The zero-order valence-electron chi connectivity index (χ0n) is 12.7. The lowest BCUT2D eigenvalue weighted by Gasteiger charge is -2.05. The van der Waals surface area contributed by atoms with Gasteiger partial charge in [0.25, 0.3) is 0 Å². The van der Waals surface area contributed by atoms with E-state index in [4.69, 9.17) is 0 Å². The zero-order valence-corrected chi connectivity index (χ0v) is 12.7. The maximum atomic E-state index is 12.1. The van der Waals surface area contributed by atoms with Gasteiger partial charge in [-0.1, -0.05) is 24.3 Å². The lowest BCUT2D eigenvalue weighted by atomic mass is 9.99. The van der Waals surface area contributed by atoms with Gasteiger partial charge in [-0.15, -0.1) is 0 Å². The first-order chi connectivity index (χ1) is 9.49. The Kier molecular flexibility index (Phi) is 4.38. The van der Waals surface area contributed by atoms with Gasteiger partial charge in [-0.2, -0.15) is 5.10 Å². The van der Waals surface area contributed by atoms with Crippen LogP contribution in [0.5, 0.6) is 0 Å². The molecule has 0 aliphatic carbocycles. The van der Waals surface area contributed by atoms with Crippen molar-refractivity contribution in [1.29, 1.82) is 0 Å². The molecule has 1 aromatic heterocycles. The van der Waals surface area contributed by atoms with E-state index in [1.54, 1.807) is 0 Å². The number of hydrogen-bond acceptors (Lipinski definition) is 2. The maximum absolute atomic E-state index is 12.1. The van der Waals surface area contributed by atoms with Crippen molar-refractivity contribution in [3.8, 4) is 0 Å². The van der Waals surface area contributed by atoms with Gasteiger partial charge < -0.3 is 0 Å². The number of carbonyl (C=O) groups is 1. The van der Waals surface area contributed by atoms with E-state index in [0.717, 1.165) is 23.4 Å². The molecule has 1 aromatic carbocycles. The molecule has 2 aromatic rings. The fourth-order valence-corrected chi connectivity index (χ4v) is 2.55. The molecule has 0 saturated heterocycles. The molecular formula is C17H22N2O. The molecule has 0 N–H and O–H groups in total. The molecule has 20 heavy (non-hydrogen) atoms. The molecule has 0 amide bonds. The number of Topliss-reactive ketones (excluding diaryl/α,β-unsaturated/α-hetero) is 1. The van der Waals surface area contributed by atoms with E-state index in [-0.39, 0.29) is 0 Å². The number of aryl methyl sites for hydroxylation is 3. The van der Waals surface area contributed by atoms with Gasteiger partial charge in [0, 0.05) is 25.6 Å². The molecule has 0 unspecified atom stereocenters. The molecule has 0 spiro atoms.